The van der Waals surface area contributed by atoms with Gasteiger partial charge in [-0.25, -0.2) is 19.6 Å². The van der Waals surface area contributed by atoms with Crippen molar-refractivity contribution in [2.24, 2.45) is 0 Å². The zero-order valence-corrected chi connectivity index (χ0v) is 11.5. The highest BCUT2D eigenvalue weighted by molar-refractivity contribution is 6.31. The molecule has 3 heterocycles. The highest BCUT2D eigenvalue weighted by atomic mass is 35.5. The van der Waals surface area contributed by atoms with Gasteiger partial charge in [-0.2, -0.15) is 18.3 Å². The van der Waals surface area contributed by atoms with Gasteiger partial charge in [0, 0.05) is 5.56 Å². The summed E-state index contributed by atoms with van der Waals surface area (Å²) in [6.45, 7) is 0. The summed E-state index contributed by atoms with van der Waals surface area (Å²) in [7, 11) is 0. The summed E-state index contributed by atoms with van der Waals surface area (Å²) >= 11 is 11.5. The molecule has 11 heteroatoms. The van der Waals surface area contributed by atoms with Crippen LogP contribution in [0.1, 0.15) is 11.3 Å². The quantitative estimate of drug-likeness (QED) is 0.730. The lowest BCUT2D eigenvalue weighted by Crippen LogP contribution is -2.09. The topological polar surface area (TPSA) is 72.3 Å². The molecule has 0 bridgehead atoms. The van der Waals surface area contributed by atoms with Crippen molar-refractivity contribution in [2.45, 2.75) is 12.1 Å². The molecule has 3 rings (SSSR count). The molecular formula is C10H5Cl2F3N6. The highest BCUT2D eigenvalue weighted by Crippen LogP contribution is 2.36. The van der Waals surface area contributed by atoms with Crippen LogP contribution < -0.4 is 0 Å². The van der Waals surface area contributed by atoms with Gasteiger partial charge in [-0.05, 0) is 0 Å². The minimum absolute atomic E-state index is 0.0596. The molecule has 0 radical (unpaired) electrons. The van der Waals surface area contributed by atoms with E-state index in [2.05, 4.69) is 25.0 Å². The van der Waals surface area contributed by atoms with Crippen LogP contribution >= 0.6 is 23.2 Å². The molecule has 0 aromatic carbocycles. The number of hydrogen-bond acceptors (Lipinski definition) is 4. The van der Waals surface area contributed by atoms with E-state index < -0.39 is 17.8 Å². The Kier molecular flexibility index (Phi) is 3.25. The molecule has 3 aromatic heterocycles. The number of nitrogens with zero attached hydrogens (tertiary/aromatic N) is 5. The Morgan fingerprint density at radius 1 is 1.24 bits per heavy atom. The number of aromatic amines is 1. The van der Waals surface area contributed by atoms with Gasteiger partial charge in [-0.15, -0.1) is 11.6 Å². The predicted octanol–water partition coefficient (Wildman–Crippen LogP) is 2.95. The van der Waals surface area contributed by atoms with E-state index in [4.69, 9.17) is 23.2 Å². The number of H-pyrrole nitrogens is 1. The molecule has 0 saturated heterocycles. The van der Waals surface area contributed by atoms with Crippen molar-refractivity contribution < 1.29 is 13.2 Å². The number of alkyl halides is 4. The average Bonchev–Trinajstić information content (AvgIpc) is 3.01. The van der Waals surface area contributed by atoms with Crippen molar-refractivity contribution in [1.82, 2.24) is 29.7 Å². The Hall–Kier alpha value is -1.87. The molecule has 0 saturated carbocycles. The molecule has 0 aliphatic heterocycles. The number of halogens is 5. The van der Waals surface area contributed by atoms with E-state index in [0.717, 1.165) is 11.0 Å². The molecule has 6 nitrogen and oxygen atoms in total. The zero-order chi connectivity index (χ0) is 15.2. The van der Waals surface area contributed by atoms with Crippen molar-refractivity contribution in [3.8, 4) is 5.82 Å². The predicted molar refractivity (Wildman–Crippen MR) is 68.4 cm³/mol. The Balaban J connectivity index is 2.29. The number of rotatable bonds is 2. The standard InChI is InChI=1S/C10H5Cl2F3N6/c11-1-4-6(10(13,14)15)20-21(7(4)12)9-5-8(17-2-16-5)18-3-19-9/h2-3H,1H2,(H,16,17,18,19). The van der Waals surface area contributed by atoms with Crippen LogP contribution in [-0.4, -0.2) is 29.7 Å². The molecule has 1 N–H and O–H groups in total. The number of aromatic nitrogens is 6. The van der Waals surface area contributed by atoms with Gasteiger partial charge in [0.25, 0.3) is 0 Å². The fourth-order valence-electron chi connectivity index (χ4n) is 1.83. The summed E-state index contributed by atoms with van der Waals surface area (Å²) in [5.41, 5.74) is -0.852. The van der Waals surface area contributed by atoms with Crippen LogP contribution in [-0.2, 0) is 12.1 Å². The second-order valence-electron chi connectivity index (χ2n) is 3.96. The molecular weight excluding hydrogens is 332 g/mol. The average molecular weight is 337 g/mol. The van der Waals surface area contributed by atoms with Crippen LogP contribution in [0.4, 0.5) is 13.2 Å². The molecule has 0 spiro atoms. The molecule has 0 aliphatic rings. The lowest BCUT2D eigenvalue weighted by atomic mass is 10.3. The first-order chi connectivity index (χ1) is 9.93. The van der Waals surface area contributed by atoms with E-state index in [-0.39, 0.29) is 22.2 Å². The second kappa shape index (κ2) is 4.85. The molecule has 0 atom stereocenters. The molecule has 0 amide bonds. The van der Waals surface area contributed by atoms with Crippen LogP contribution in [0.25, 0.3) is 17.0 Å². The van der Waals surface area contributed by atoms with Crippen molar-refractivity contribution in [3.05, 3.63) is 29.1 Å². The Labute approximate surface area is 124 Å². The first kappa shape index (κ1) is 14.1. The Morgan fingerprint density at radius 2 is 2.00 bits per heavy atom. The third-order valence-corrected chi connectivity index (χ3v) is 3.38. The maximum absolute atomic E-state index is 13.0. The molecule has 0 unspecified atom stereocenters. The minimum atomic E-state index is -4.67. The number of imidazole rings is 1. The normalized spacial score (nSPS) is 12.2. The summed E-state index contributed by atoms with van der Waals surface area (Å²) < 4.78 is 39.7. The van der Waals surface area contributed by atoms with E-state index >= 15 is 0 Å². The molecule has 21 heavy (non-hydrogen) atoms. The summed E-state index contributed by atoms with van der Waals surface area (Å²) in [6.07, 6.45) is -2.17. The Bertz CT molecular complexity index is 809. The van der Waals surface area contributed by atoms with E-state index in [9.17, 15) is 13.2 Å². The van der Waals surface area contributed by atoms with E-state index in [1.54, 1.807) is 0 Å². The summed E-state index contributed by atoms with van der Waals surface area (Å²) in [4.78, 5) is 14.4. The number of nitrogens with one attached hydrogen (secondary N) is 1. The first-order valence-corrected chi connectivity index (χ1v) is 6.39. The van der Waals surface area contributed by atoms with Gasteiger partial charge >= 0.3 is 6.18 Å². The van der Waals surface area contributed by atoms with Gasteiger partial charge < -0.3 is 4.98 Å². The third kappa shape index (κ3) is 2.22. The highest BCUT2D eigenvalue weighted by Gasteiger charge is 2.39. The summed E-state index contributed by atoms with van der Waals surface area (Å²) in [5, 5.41) is 3.23. The van der Waals surface area contributed by atoms with Crippen LogP contribution in [0, 0.1) is 0 Å². The fraction of sp³-hybridized carbons (Fsp3) is 0.200. The Morgan fingerprint density at radius 3 is 2.62 bits per heavy atom. The number of fused-ring (bicyclic) bond motifs is 1. The van der Waals surface area contributed by atoms with Crippen LogP contribution in [0.15, 0.2) is 12.7 Å². The largest absolute Gasteiger partial charge is 0.435 e. The van der Waals surface area contributed by atoms with Gasteiger partial charge in [0.1, 0.15) is 17.0 Å². The van der Waals surface area contributed by atoms with Crippen LogP contribution in [0.5, 0.6) is 0 Å². The molecule has 3 aromatic rings. The molecule has 0 fully saturated rings. The smallest absolute Gasteiger partial charge is 0.340 e. The monoisotopic (exact) mass is 336 g/mol. The van der Waals surface area contributed by atoms with Crippen molar-refractivity contribution >= 4 is 34.4 Å². The first-order valence-electron chi connectivity index (χ1n) is 5.48. The van der Waals surface area contributed by atoms with Crippen LogP contribution in [0.2, 0.25) is 5.15 Å². The van der Waals surface area contributed by atoms with Crippen LogP contribution in [0.3, 0.4) is 0 Å². The maximum Gasteiger partial charge on any atom is 0.435 e. The summed E-state index contributed by atoms with van der Waals surface area (Å²) in [5.74, 6) is -0.366. The fourth-order valence-corrected chi connectivity index (χ4v) is 2.42. The lowest BCUT2D eigenvalue weighted by molar-refractivity contribution is -0.141. The minimum Gasteiger partial charge on any atom is -0.340 e. The van der Waals surface area contributed by atoms with E-state index in [0.29, 0.717) is 5.52 Å². The maximum atomic E-state index is 13.0. The van der Waals surface area contributed by atoms with Gasteiger partial charge in [0.2, 0.25) is 0 Å². The van der Waals surface area contributed by atoms with E-state index in [1.807, 2.05) is 0 Å². The second-order valence-corrected chi connectivity index (χ2v) is 4.58. The third-order valence-electron chi connectivity index (χ3n) is 2.73. The van der Waals surface area contributed by atoms with Gasteiger partial charge in [-0.1, -0.05) is 11.6 Å². The van der Waals surface area contributed by atoms with Gasteiger partial charge in [-0.3, -0.25) is 0 Å². The van der Waals surface area contributed by atoms with Crippen molar-refractivity contribution in [3.63, 3.8) is 0 Å². The van der Waals surface area contributed by atoms with Crippen molar-refractivity contribution in [2.75, 3.05) is 0 Å². The molecule has 0 aliphatic carbocycles. The lowest BCUT2D eigenvalue weighted by Gasteiger charge is -2.03. The van der Waals surface area contributed by atoms with Gasteiger partial charge in [0.15, 0.2) is 17.2 Å². The number of hydrogen-bond donors (Lipinski definition) is 1. The van der Waals surface area contributed by atoms with Crippen molar-refractivity contribution in [1.29, 1.82) is 0 Å². The van der Waals surface area contributed by atoms with Gasteiger partial charge in [0.05, 0.1) is 12.2 Å². The zero-order valence-electron chi connectivity index (χ0n) is 9.99. The SMILES string of the molecule is FC(F)(F)c1nn(-c2ncnc3nc[nH]c23)c(Cl)c1CCl. The summed E-state index contributed by atoms with van der Waals surface area (Å²) in [6, 6.07) is 0. The molecule has 110 valence electrons. The van der Waals surface area contributed by atoms with E-state index in [1.165, 1.54) is 6.33 Å².